The van der Waals surface area contributed by atoms with E-state index in [1.807, 2.05) is 0 Å². The average Bonchev–Trinajstić information content (AvgIpc) is 2.30. The topological polar surface area (TPSA) is 60.2 Å². The Morgan fingerprint density at radius 3 is 2.45 bits per heavy atom. The highest BCUT2D eigenvalue weighted by atomic mass is 79.9. The number of hydrogen-bond acceptors (Lipinski definition) is 3. The van der Waals surface area contributed by atoms with E-state index in [-0.39, 0.29) is 15.7 Å². The maximum absolute atomic E-state index is 12.4. The van der Waals surface area contributed by atoms with Crippen LogP contribution in [0.15, 0.2) is 45.8 Å². The Morgan fingerprint density at radius 2 is 1.80 bits per heavy atom. The van der Waals surface area contributed by atoms with Crippen molar-refractivity contribution in [3.8, 4) is 0 Å². The molecular formula is C13H10BrCl2NO2S. The van der Waals surface area contributed by atoms with Crippen LogP contribution < -0.4 is 5.73 Å². The van der Waals surface area contributed by atoms with Gasteiger partial charge in [0.1, 0.15) is 0 Å². The fraction of sp³-hybridized carbons (Fsp3) is 0.0769. The summed E-state index contributed by atoms with van der Waals surface area (Å²) < 4.78 is 25.5. The van der Waals surface area contributed by atoms with Crippen LogP contribution in [0.1, 0.15) is 5.56 Å². The minimum atomic E-state index is -3.59. The third-order valence-electron chi connectivity index (χ3n) is 2.56. The van der Waals surface area contributed by atoms with Gasteiger partial charge in [0.25, 0.3) is 0 Å². The van der Waals surface area contributed by atoms with Crippen LogP contribution in [0, 0.1) is 0 Å². The molecule has 20 heavy (non-hydrogen) atoms. The van der Waals surface area contributed by atoms with E-state index in [1.54, 1.807) is 24.3 Å². The van der Waals surface area contributed by atoms with Gasteiger partial charge in [-0.05, 0) is 42.0 Å². The molecule has 2 rings (SSSR count). The number of halogens is 3. The molecule has 0 saturated carbocycles. The molecule has 0 radical (unpaired) electrons. The SMILES string of the molecule is Nc1cc(Br)cc(CS(=O)(=O)c2cc(Cl)ccc2Cl)c1. The van der Waals surface area contributed by atoms with Gasteiger partial charge in [-0.15, -0.1) is 0 Å². The van der Waals surface area contributed by atoms with Crippen LogP contribution in [-0.4, -0.2) is 8.42 Å². The molecule has 7 heteroatoms. The van der Waals surface area contributed by atoms with E-state index in [0.717, 1.165) is 4.47 Å². The first kappa shape index (κ1) is 15.6. The Kier molecular flexibility index (Phi) is 4.64. The summed E-state index contributed by atoms with van der Waals surface area (Å²) in [5, 5.41) is 0.471. The maximum Gasteiger partial charge on any atom is 0.184 e. The van der Waals surface area contributed by atoms with Crippen LogP contribution in [0.3, 0.4) is 0 Å². The van der Waals surface area contributed by atoms with Crippen LogP contribution in [0.25, 0.3) is 0 Å². The second kappa shape index (κ2) is 5.93. The lowest BCUT2D eigenvalue weighted by Gasteiger charge is -2.08. The zero-order valence-corrected chi connectivity index (χ0v) is 14.0. The van der Waals surface area contributed by atoms with Crippen molar-refractivity contribution in [2.45, 2.75) is 10.6 Å². The first-order valence-electron chi connectivity index (χ1n) is 5.51. The first-order chi connectivity index (χ1) is 9.28. The van der Waals surface area contributed by atoms with Crippen LogP contribution in [0.5, 0.6) is 0 Å². The smallest absolute Gasteiger partial charge is 0.184 e. The number of rotatable bonds is 3. The number of benzene rings is 2. The molecule has 0 atom stereocenters. The fourth-order valence-corrected chi connectivity index (χ4v) is 4.47. The van der Waals surface area contributed by atoms with Crippen molar-refractivity contribution in [2.24, 2.45) is 0 Å². The second-order valence-electron chi connectivity index (χ2n) is 4.23. The summed E-state index contributed by atoms with van der Waals surface area (Å²) in [6.07, 6.45) is 0. The van der Waals surface area contributed by atoms with Gasteiger partial charge >= 0.3 is 0 Å². The van der Waals surface area contributed by atoms with Crippen LogP contribution in [0.4, 0.5) is 5.69 Å². The maximum atomic E-state index is 12.4. The Labute approximate surface area is 135 Å². The summed E-state index contributed by atoms with van der Waals surface area (Å²) in [5.74, 6) is -0.198. The fourth-order valence-electron chi connectivity index (χ4n) is 1.77. The van der Waals surface area contributed by atoms with Crippen LogP contribution >= 0.6 is 39.1 Å². The molecule has 2 N–H and O–H groups in total. The molecule has 0 unspecified atom stereocenters. The van der Waals surface area contributed by atoms with E-state index < -0.39 is 9.84 Å². The van der Waals surface area contributed by atoms with Crippen molar-refractivity contribution >= 4 is 54.7 Å². The Balaban J connectivity index is 2.43. The third kappa shape index (κ3) is 3.67. The van der Waals surface area contributed by atoms with E-state index in [4.69, 9.17) is 28.9 Å². The molecule has 2 aromatic rings. The van der Waals surface area contributed by atoms with Crippen molar-refractivity contribution < 1.29 is 8.42 Å². The lowest BCUT2D eigenvalue weighted by Crippen LogP contribution is -2.06. The number of nitrogen functional groups attached to an aromatic ring is 1. The number of sulfone groups is 1. The van der Waals surface area contributed by atoms with Crippen molar-refractivity contribution in [3.05, 3.63) is 56.5 Å². The summed E-state index contributed by atoms with van der Waals surface area (Å²) in [5.41, 5.74) is 6.76. The third-order valence-corrected chi connectivity index (χ3v) is 5.42. The molecule has 0 aromatic heterocycles. The highest BCUT2D eigenvalue weighted by Crippen LogP contribution is 2.28. The Hall–Kier alpha value is -0.750. The van der Waals surface area contributed by atoms with E-state index in [2.05, 4.69) is 15.9 Å². The van der Waals surface area contributed by atoms with Crippen LogP contribution in [0.2, 0.25) is 10.0 Å². The molecule has 0 aliphatic rings. The van der Waals surface area contributed by atoms with E-state index >= 15 is 0 Å². The highest BCUT2D eigenvalue weighted by Gasteiger charge is 2.19. The van der Waals surface area contributed by atoms with Gasteiger partial charge in [0.05, 0.1) is 15.7 Å². The highest BCUT2D eigenvalue weighted by molar-refractivity contribution is 9.10. The zero-order chi connectivity index (χ0) is 14.9. The summed E-state index contributed by atoms with van der Waals surface area (Å²) in [4.78, 5) is 0.0187. The van der Waals surface area contributed by atoms with Gasteiger partial charge < -0.3 is 5.73 Å². The van der Waals surface area contributed by atoms with E-state index in [9.17, 15) is 8.42 Å². The molecule has 0 aliphatic heterocycles. The lowest BCUT2D eigenvalue weighted by atomic mass is 10.2. The lowest BCUT2D eigenvalue weighted by molar-refractivity contribution is 0.595. The second-order valence-corrected chi connectivity index (χ2v) is 7.94. The Bertz CT molecular complexity index is 743. The monoisotopic (exact) mass is 393 g/mol. The molecule has 106 valence electrons. The molecule has 0 saturated heterocycles. The quantitative estimate of drug-likeness (QED) is 0.789. The summed E-state index contributed by atoms with van der Waals surface area (Å²) in [7, 11) is -3.59. The van der Waals surface area contributed by atoms with Gasteiger partial charge in [0.2, 0.25) is 0 Å². The molecule has 0 bridgehead atoms. The number of hydrogen-bond donors (Lipinski definition) is 1. The first-order valence-corrected chi connectivity index (χ1v) is 8.71. The van der Waals surface area contributed by atoms with Gasteiger partial charge in [0, 0.05) is 15.2 Å². The minimum absolute atomic E-state index is 0.0187. The van der Waals surface area contributed by atoms with Crippen molar-refractivity contribution in [2.75, 3.05) is 5.73 Å². The summed E-state index contributed by atoms with van der Waals surface area (Å²) >= 11 is 15.0. The summed E-state index contributed by atoms with van der Waals surface area (Å²) in [6, 6.07) is 9.36. The zero-order valence-electron chi connectivity index (χ0n) is 10.1. The van der Waals surface area contributed by atoms with Gasteiger partial charge in [0.15, 0.2) is 9.84 Å². The van der Waals surface area contributed by atoms with Crippen LogP contribution in [-0.2, 0) is 15.6 Å². The standard InChI is InChI=1S/C13H10BrCl2NO2S/c14-9-3-8(4-11(17)5-9)7-20(18,19)13-6-10(15)1-2-12(13)16/h1-6H,7,17H2. The molecule has 0 heterocycles. The molecule has 0 fully saturated rings. The molecular weight excluding hydrogens is 385 g/mol. The molecule has 2 aromatic carbocycles. The molecule has 0 spiro atoms. The average molecular weight is 395 g/mol. The molecule has 3 nitrogen and oxygen atoms in total. The van der Waals surface area contributed by atoms with Gasteiger partial charge in [-0.2, -0.15) is 0 Å². The molecule has 0 amide bonds. The molecule has 0 aliphatic carbocycles. The predicted molar refractivity (Wildman–Crippen MR) is 85.9 cm³/mol. The van der Waals surface area contributed by atoms with Crippen molar-refractivity contribution in [3.63, 3.8) is 0 Å². The number of anilines is 1. The van der Waals surface area contributed by atoms with Gasteiger partial charge in [-0.3, -0.25) is 0 Å². The normalized spacial score (nSPS) is 11.6. The Morgan fingerprint density at radius 1 is 1.10 bits per heavy atom. The largest absolute Gasteiger partial charge is 0.399 e. The van der Waals surface area contributed by atoms with E-state index in [0.29, 0.717) is 16.3 Å². The van der Waals surface area contributed by atoms with Crippen molar-refractivity contribution in [1.82, 2.24) is 0 Å². The summed E-state index contributed by atoms with van der Waals surface area (Å²) in [6.45, 7) is 0. The van der Waals surface area contributed by atoms with Gasteiger partial charge in [-0.1, -0.05) is 39.1 Å². The predicted octanol–water partition coefficient (Wildman–Crippen LogP) is 4.31. The van der Waals surface area contributed by atoms with Crippen molar-refractivity contribution in [1.29, 1.82) is 0 Å². The minimum Gasteiger partial charge on any atom is -0.399 e. The number of nitrogens with two attached hydrogens (primary N) is 1. The van der Waals surface area contributed by atoms with E-state index in [1.165, 1.54) is 12.1 Å². The van der Waals surface area contributed by atoms with Gasteiger partial charge in [-0.25, -0.2) is 8.42 Å².